The third kappa shape index (κ3) is 2.63. The van der Waals surface area contributed by atoms with E-state index in [1.54, 1.807) is 18.3 Å². The summed E-state index contributed by atoms with van der Waals surface area (Å²) in [6.07, 6.45) is 4.13. The standard InChI is InChI=1S/C13H13N3O3/c17-16(18)12-5-1-9(2-6-12)13-10(8-15-19-13)7-14-11-3-4-11/h1-2,5-6,8,11,14H,3-4,7H2. The molecule has 3 rings (SSSR count). The second-order valence-corrected chi connectivity index (χ2v) is 4.64. The van der Waals surface area contributed by atoms with E-state index in [-0.39, 0.29) is 5.69 Å². The first-order chi connectivity index (χ1) is 9.24. The van der Waals surface area contributed by atoms with E-state index in [0.717, 1.165) is 11.1 Å². The number of rotatable bonds is 5. The number of hydrogen-bond acceptors (Lipinski definition) is 5. The van der Waals surface area contributed by atoms with Gasteiger partial charge in [0.05, 0.1) is 11.1 Å². The van der Waals surface area contributed by atoms with E-state index in [9.17, 15) is 10.1 Å². The van der Waals surface area contributed by atoms with Crippen molar-refractivity contribution in [2.24, 2.45) is 0 Å². The number of benzene rings is 1. The lowest BCUT2D eigenvalue weighted by Gasteiger charge is -2.02. The highest BCUT2D eigenvalue weighted by Crippen LogP contribution is 2.26. The molecule has 6 heteroatoms. The number of nitro benzene ring substituents is 1. The van der Waals surface area contributed by atoms with Crippen LogP contribution < -0.4 is 5.32 Å². The van der Waals surface area contributed by atoms with Crippen LogP contribution in [0.5, 0.6) is 0 Å². The third-order valence-electron chi connectivity index (χ3n) is 3.14. The Hall–Kier alpha value is -2.21. The number of aromatic nitrogens is 1. The first-order valence-electron chi connectivity index (χ1n) is 6.16. The highest BCUT2D eigenvalue weighted by atomic mass is 16.6. The van der Waals surface area contributed by atoms with Gasteiger partial charge in [0.1, 0.15) is 0 Å². The SMILES string of the molecule is O=[N+]([O-])c1ccc(-c2oncc2CNC2CC2)cc1. The van der Waals surface area contributed by atoms with Crippen molar-refractivity contribution in [3.8, 4) is 11.3 Å². The molecule has 0 radical (unpaired) electrons. The van der Waals surface area contributed by atoms with Crippen LogP contribution in [0.25, 0.3) is 11.3 Å². The van der Waals surface area contributed by atoms with Gasteiger partial charge in [-0.05, 0) is 25.0 Å². The van der Waals surface area contributed by atoms with Crippen LogP contribution >= 0.6 is 0 Å². The summed E-state index contributed by atoms with van der Waals surface area (Å²) in [5.41, 5.74) is 1.84. The molecule has 0 spiro atoms. The molecular weight excluding hydrogens is 246 g/mol. The number of nitrogens with zero attached hydrogens (tertiary/aromatic N) is 2. The van der Waals surface area contributed by atoms with Crippen molar-refractivity contribution in [2.75, 3.05) is 0 Å². The van der Waals surface area contributed by atoms with E-state index in [4.69, 9.17) is 4.52 Å². The zero-order valence-corrected chi connectivity index (χ0v) is 10.2. The van der Waals surface area contributed by atoms with Crippen molar-refractivity contribution in [1.29, 1.82) is 0 Å². The van der Waals surface area contributed by atoms with E-state index in [1.807, 2.05) is 0 Å². The van der Waals surface area contributed by atoms with Crippen LogP contribution in [0.15, 0.2) is 35.0 Å². The average molecular weight is 259 g/mol. The first-order valence-corrected chi connectivity index (χ1v) is 6.16. The van der Waals surface area contributed by atoms with Gasteiger partial charge in [-0.15, -0.1) is 0 Å². The summed E-state index contributed by atoms with van der Waals surface area (Å²) < 4.78 is 5.24. The Balaban J connectivity index is 1.80. The zero-order valence-electron chi connectivity index (χ0n) is 10.2. The molecule has 1 aromatic heterocycles. The topological polar surface area (TPSA) is 81.2 Å². The minimum absolute atomic E-state index is 0.0703. The van der Waals surface area contributed by atoms with Crippen LogP contribution in [-0.2, 0) is 6.54 Å². The monoisotopic (exact) mass is 259 g/mol. The highest BCUT2D eigenvalue weighted by molar-refractivity contribution is 5.62. The molecule has 0 saturated heterocycles. The summed E-state index contributed by atoms with van der Waals surface area (Å²) in [6.45, 7) is 0.709. The number of non-ortho nitro benzene ring substituents is 1. The van der Waals surface area contributed by atoms with Crippen molar-refractivity contribution in [1.82, 2.24) is 10.5 Å². The number of nitrogens with one attached hydrogen (secondary N) is 1. The van der Waals surface area contributed by atoms with E-state index >= 15 is 0 Å². The Bertz CT molecular complexity index is 587. The molecule has 6 nitrogen and oxygen atoms in total. The van der Waals surface area contributed by atoms with Gasteiger partial charge in [0.25, 0.3) is 5.69 Å². The summed E-state index contributed by atoms with van der Waals surface area (Å²) in [5.74, 6) is 0.669. The molecule has 0 bridgehead atoms. The third-order valence-corrected chi connectivity index (χ3v) is 3.14. The summed E-state index contributed by atoms with van der Waals surface area (Å²) in [5, 5.41) is 17.8. The maximum Gasteiger partial charge on any atom is 0.269 e. The molecule has 98 valence electrons. The van der Waals surface area contributed by atoms with Crippen LogP contribution in [0.1, 0.15) is 18.4 Å². The van der Waals surface area contributed by atoms with Gasteiger partial charge in [-0.1, -0.05) is 5.16 Å². The second-order valence-electron chi connectivity index (χ2n) is 4.64. The smallest absolute Gasteiger partial charge is 0.269 e. The van der Waals surface area contributed by atoms with E-state index < -0.39 is 4.92 Å². The molecule has 2 aromatic rings. The quantitative estimate of drug-likeness (QED) is 0.659. The summed E-state index contributed by atoms with van der Waals surface area (Å²) >= 11 is 0. The van der Waals surface area contributed by atoms with Crippen molar-refractivity contribution in [2.45, 2.75) is 25.4 Å². The van der Waals surface area contributed by atoms with Gasteiger partial charge in [0.2, 0.25) is 0 Å². The molecule has 0 unspecified atom stereocenters. The molecule has 1 N–H and O–H groups in total. The fraction of sp³-hybridized carbons (Fsp3) is 0.308. The molecule has 1 fully saturated rings. The second kappa shape index (κ2) is 4.81. The molecule has 0 amide bonds. The summed E-state index contributed by atoms with van der Waals surface area (Å²) in [7, 11) is 0. The normalized spacial score (nSPS) is 14.5. The zero-order chi connectivity index (χ0) is 13.2. The lowest BCUT2D eigenvalue weighted by atomic mass is 10.1. The van der Waals surface area contributed by atoms with E-state index in [0.29, 0.717) is 18.3 Å². The predicted molar refractivity (Wildman–Crippen MR) is 68.5 cm³/mol. The van der Waals surface area contributed by atoms with Crippen LogP contribution in [0, 0.1) is 10.1 Å². The largest absolute Gasteiger partial charge is 0.356 e. The molecule has 0 aliphatic heterocycles. The van der Waals surface area contributed by atoms with Gasteiger partial charge in [-0.25, -0.2) is 0 Å². The van der Waals surface area contributed by atoms with Gasteiger partial charge in [0, 0.05) is 35.8 Å². The van der Waals surface area contributed by atoms with E-state index in [1.165, 1.54) is 25.0 Å². The number of nitro groups is 1. The fourth-order valence-electron chi connectivity index (χ4n) is 1.90. The fourth-order valence-corrected chi connectivity index (χ4v) is 1.90. The Morgan fingerprint density at radius 1 is 1.37 bits per heavy atom. The van der Waals surface area contributed by atoms with Crippen molar-refractivity contribution >= 4 is 5.69 Å². The van der Waals surface area contributed by atoms with E-state index in [2.05, 4.69) is 10.5 Å². The molecule has 1 aliphatic rings. The van der Waals surface area contributed by atoms with Crippen molar-refractivity contribution in [3.05, 3.63) is 46.1 Å². The summed E-state index contributed by atoms with van der Waals surface area (Å²) in [6, 6.07) is 6.91. The lowest BCUT2D eigenvalue weighted by Crippen LogP contribution is -2.15. The van der Waals surface area contributed by atoms with Crippen LogP contribution in [0.4, 0.5) is 5.69 Å². The lowest BCUT2D eigenvalue weighted by molar-refractivity contribution is -0.384. The van der Waals surface area contributed by atoms with Gasteiger partial charge in [0.15, 0.2) is 5.76 Å². The van der Waals surface area contributed by atoms with Crippen LogP contribution in [0.3, 0.4) is 0 Å². The Kier molecular flexibility index (Phi) is 3.00. The maximum atomic E-state index is 10.6. The number of hydrogen-bond donors (Lipinski definition) is 1. The Labute approximate surface area is 109 Å². The molecule has 1 aromatic carbocycles. The van der Waals surface area contributed by atoms with Crippen molar-refractivity contribution in [3.63, 3.8) is 0 Å². The van der Waals surface area contributed by atoms with Crippen LogP contribution in [-0.4, -0.2) is 16.1 Å². The maximum absolute atomic E-state index is 10.6. The van der Waals surface area contributed by atoms with Crippen LogP contribution in [0.2, 0.25) is 0 Å². The molecular formula is C13H13N3O3. The Morgan fingerprint density at radius 3 is 2.74 bits per heavy atom. The van der Waals surface area contributed by atoms with Gasteiger partial charge in [-0.2, -0.15) is 0 Å². The average Bonchev–Trinajstić information content (AvgIpc) is 3.13. The Morgan fingerprint density at radius 2 is 2.11 bits per heavy atom. The molecule has 1 saturated carbocycles. The minimum Gasteiger partial charge on any atom is -0.356 e. The highest BCUT2D eigenvalue weighted by Gasteiger charge is 2.21. The molecule has 0 atom stereocenters. The summed E-state index contributed by atoms with van der Waals surface area (Å²) in [4.78, 5) is 10.2. The predicted octanol–water partition coefficient (Wildman–Crippen LogP) is 2.50. The minimum atomic E-state index is -0.417. The molecule has 1 heterocycles. The van der Waals surface area contributed by atoms with Gasteiger partial charge in [-0.3, -0.25) is 10.1 Å². The molecule has 1 aliphatic carbocycles. The van der Waals surface area contributed by atoms with Crippen molar-refractivity contribution < 1.29 is 9.45 Å². The molecule has 19 heavy (non-hydrogen) atoms. The van der Waals surface area contributed by atoms with Gasteiger partial charge >= 0.3 is 0 Å². The first kappa shape index (κ1) is 11.9. The van der Waals surface area contributed by atoms with Gasteiger partial charge < -0.3 is 9.84 Å².